The molecule has 2 aliphatic heterocycles. The summed E-state index contributed by atoms with van der Waals surface area (Å²) in [6.45, 7) is 8.63. The highest BCUT2D eigenvalue weighted by Gasteiger charge is 2.52. The van der Waals surface area contributed by atoms with Crippen LogP contribution in [0.5, 0.6) is 0 Å². The number of allylic oxidation sites excluding steroid dienone is 1. The summed E-state index contributed by atoms with van der Waals surface area (Å²) in [6.07, 6.45) is 4.38. The molecule has 7 heteroatoms. The second-order valence-electron chi connectivity index (χ2n) is 6.53. The molecule has 0 bridgehead atoms. The number of nitrogens with two attached hydrogens (primary N) is 1. The summed E-state index contributed by atoms with van der Waals surface area (Å²) in [7, 11) is -0.527. The molecule has 2 heterocycles. The lowest BCUT2D eigenvalue weighted by atomic mass is 9.79. The van der Waals surface area contributed by atoms with Gasteiger partial charge >= 0.3 is 7.12 Å². The van der Waals surface area contributed by atoms with Crippen molar-refractivity contribution in [2.45, 2.75) is 57.8 Å². The van der Waals surface area contributed by atoms with Gasteiger partial charge in [-0.1, -0.05) is 0 Å². The predicted molar refractivity (Wildman–Crippen MR) is 82.9 cm³/mol. The molecular weight excluding hydrogens is 269 g/mol. The van der Waals surface area contributed by atoms with Crippen LogP contribution in [0, 0.1) is 0 Å². The average molecular weight is 293 g/mol. The summed E-state index contributed by atoms with van der Waals surface area (Å²) in [4.78, 5) is 15.8. The minimum Gasteiger partial charge on any atom is -0.405 e. The van der Waals surface area contributed by atoms with Gasteiger partial charge in [0, 0.05) is 24.7 Å². The van der Waals surface area contributed by atoms with Gasteiger partial charge in [0.2, 0.25) is 5.91 Å². The fourth-order valence-electron chi connectivity index (χ4n) is 2.25. The Bertz CT molecular complexity index is 458. The zero-order chi connectivity index (χ0) is 15.7. The molecule has 0 aromatic heterocycles. The van der Waals surface area contributed by atoms with E-state index in [-0.39, 0.29) is 11.9 Å². The normalized spacial score (nSPS) is 29.0. The van der Waals surface area contributed by atoms with Crippen molar-refractivity contribution < 1.29 is 14.1 Å². The third kappa shape index (κ3) is 3.47. The first kappa shape index (κ1) is 16.0. The fourth-order valence-corrected chi connectivity index (χ4v) is 2.25. The molecule has 3 N–H and O–H groups in total. The van der Waals surface area contributed by atoms with E-state index in [9.17, 15) is 4.79 Å². The second-order valence-corrected chi connectivity index (χ2v) is 6.53. The van der Waals surface area contributed by atoms with Crippen LogP contribution in [-0.4, -0.2) is 43.0 Å². The van der Waals surface area contributed by atoms with E-state index in [2.05, 4.69) is 10.3 Å². The molecule has 2 fully saturated rings. The molecule has 6 nitrogen and oxygen atoms in total. The van der Waals surface area contributed by atoms with E-state index in [1.165, 1.54) is 6.20 Å². The van der Waals surface area contributed by atoms with E-state index in [1.54, 1.807) is 6.21 Å². The molecular formula is C14H24BN3O3. The van der Waals surface area contributed by atoms with Crippen molar-refractivity contribution in [2.24, 2.45) is 10.7 Å². The van der Waals surface area contributed by atoms with E-state index in [1.807, 2.05) is 27.7 Å². The van der Waals surface area contributed by atoms with Crippen LogP contribution < -0.4 is 11.1 Å². The molecule has 0 aromatic carbocycles. The molecule has 0 aliphatic carbocycles. The van der Waals surface area contributed by atoms with Gasteiger partial charge in [0.05, 0.1) is 17.2 Å². The van der Waals surface area contributed by atoms with Crippen LogP contribution in [0.2, 0.25) is 0 Å². The number of hydrogen-bond donors (Lipinski definition) is 2. The Kier molecular flexibility index (Phi) is 4.44. The van der Waals surface area contributed by atoms with E-state index in [0.29, 0.717) is 18.4 Å². The highest BCUT2D eigenvalue weighted by molar-refractivity contribution is 6.60. The minimum atomic E-state index is -0.527. The van der Waals surface area contributed by atoms with Gasteiger partial charge in [-0.05, 0) is 40.3 Å². The van der Waals surface area contributed by atoms with Gasteiger partial charge in [-0.25, -0.2) is 0 Å². The Balaban J connectivity index is 2.03. The smallest absolute Gasteiger partial charge is 0.405 e. The van der Waals surface area contributed by atoms with Crippen molar-refractivity contribution in [3.8, 4) is 0 Å². The molecule has 0 unspecified atom stereocenters. The highest BCUT2D eigenvalue weighted by atomic mass is 16.7. The van der Waals surface area contributed by atoms with Gasteiger partial charge < -0.3 is 20.4 Å². The molecule has 21 heavy (non-hydrogen) atoms. The van der Waals surface area contributed by atoms with Crippen molar-refractivity contribution in [3.05, 3.63) is 11.7 Å². The number of amides is 1. The third-order valence-corrected chi connectivity index (χ3v) is 4.37. The summed E-state index contributed by atoms with van der Waals surface area (Å²) < 4.78 is 11.9. The second kappa shape index (κ2) is 5.81. The van der Waals surface area contributed by atoms with Crippen LogP contribution in [0.3, 0.4) is 0 Å². The van der Waals surface area contributed by atoms with Crippen molar-refractivity contribution in [3.63, 3.8) is 0 Å². The molecule has 2 saturated heterocycles. The Morgan fingerprint density at radius 2 is 2.00 bits per heavy atom. The van der Waals surface area contributed by atoms with Crippen LogP contribution in [0.1, 0.15) is 40.5 Å². The van der Waals surface area contributed by atoms with Gasteiger partial charge in [0.1, 0.15) is 0 Å². The number of rotatable bonds is 3. The summed E-state index contributed by atoms with van der Waals surface area (Å²) in [5, 5.41) is 2.79. The molecule has 0 saturated carbocycles. The lowest BCUT2D eigenvalue weighted by molar-refractivity contribution is -0.122. The maximum Gasteiger partial charge on any atom is 0.497 e. The topological polar surface area (TPSA) is 85.9 Å². The quantitative estimate of drug-likeness (QED) is 0.595. The Morgan fingerprint density at radius 3 is 2.52 bits per heavy atom. The number of hydrogen-bond acceptors (Lipinski definition) is 5. The SMILES string of the molecule is CC1(C)OB(/C(C=N[C@@H]2CCNC(=O)C2)=C/N)OC1(C)C. The Labute approximate surface area is 126 Å². The number of carbonyl (C=O) groups excluding carboxylic acids is 1. The Morgan fingerprint density at radius 1 is 1.38 bits per heavy atom. The summed E-state index contributed by atoms with van der Waals surface area (Å²) >= 11 is 0. The van der Waals surface area contributed by atoms with Crippen molar-refractivity contribution in [1.82, 2.24) is 5.32 Å². The molecule has 2 rings (SSSR count). The number of nitrogens with zero attached hydrogens (tertiary/aromatic N) is 1. The molecule has 1 atom stereocenters. The number of aliphatic imine (C=N–C) groups is 1. The maximum absolute atomic E-state index is 11.3. The largest absolute Gasteiger partial charge is 0.497 e. The lowest BCUT2D eigenvalue weighted by Crippen LogP contribution is -2.41. The van der Waals surface area contributed by atoms with Crippen LogP contribution >= 0.6 is 0 Å². The van der Waals surface area contributed by atoms with Crippen molar-refractivity contribution >= 4 is 19.2 Å². The van der Waals surface area contributed by atoms with Gasteiger partial charge in [-0.3, -0.25) is 9.79 Å². The third-order valence-electron chi connectivity index (χ3n) is 4.37. The first-order valence-corrected chi connectivity index (χ1v) is 7.32. The van der Waals surface area contributed by atoms with E-state index in [4.69, 9.17) is 15.0 Å². The van der Waals surface area contributed by atoms with Gasteiger partial charge in [-0.2, -0.15) is 0 Å². The first-order valence-electron chi connectivity index (χ1n) is 7.32. The number of piperidine rings is 1. The molecule has 0 radical (unpaired) electrons. The van der Waals surface area contributed by atoms with E-state index < -0.39 is 18.3 Å². The van der Waals surface area contributed by atoms with Crippen LogP contribution in [0.4, 0.5) is 0 Å². The fraction of sp³-hybridized carbons (Fsp3) is 0.714. The van der Waals surface area contributed by atoms with Crippen molar-refractivity contribution in [2.75, 3.05) is 6.54 Å². The van der Waals surface area contributed by atoms with Crippen LogP contribution in [0.15, 0.2) is 16.7 Å². The molecule has 116 valence electrons. The number of nitrogens with one attached hydrogen (secondary N) is 1. The Hall–Kier alpha value is -1.34. The van der Waals surface area contributed by atoms with E-state index in [0.717, 1.165) is 6.42 Å². The minimum absolute atomic E-state index is 0.00359. The van der Waals surface area contributed by atoms with Crippen molar-refractivity contribution in [1.29, 1.82) is 0 Å². The number of carbonyl (C=O) groups is 1. The molecule has 0 spiro atoms. The molecule has 2 aliphatic rings. The standard InChI is InChI=1S/C14H24BN3O3/c1-13(2)14(3,4)21-15(20-13)10(8-16)9-18-11-5-6-17-12(19)7-11/h8-9,11H,5-7,16H2,1-4H3,(H,17,19)/b10-8+,18-9?/t11-/m1/s1. The monoisotopic (exact) mass is 293 g/mol. The summed E-state index contributed by atoms with van der Waals surface area (Å²) in [5.74, 6) is 0.0392. The average Bonchev–Trinajstić information content (AvgIpc) is 2.59. The van der Waals surface area contributed by atoms with Gasteiger partial charge in [0.15, 0.2) is 0 Å². The van der Waals surface area contributed by atoms with E-state index >= 15 is 0 Å². The zero-order valence-electron chi connectivity index (χ0n) is 13.2. The lowest BCUT2D eigenvalue weighted by Gasteiger charge is -2.32. The first-order chi connectivity index (χ1) is 9.75. The molecule has 1 amide bonds. The van der Waals surface area contributed by atoms with Crippen LogP contribution in [0.25, 0.3) is 0 Å². The highest BCUT2D eigenvalue weighted by Crippen LogP contribution is 2.38. The molecule has 0 aromatic rings. The summed E-state index contributed by atoms with van der Waals surface area (Å²) in [5.41, 5.74) is 5.54. The maximum atomic E-state index is 11.3. The van der Waals surface area contributed by atoms with Gasteiger partial charge in [-0.15, -0.1) is 0 Å². The van der Waals surface area contributed by atoms with Gasteiger partial charge in [0.25, 0.3) is 0 Å². The predicted octanol–water partition coefficient (Wildman–Crippen LogP) is 0.810. The van der Waals surface area contributed by atoms with Crippen LogP contribution in [-0.2, 0) is 14.1 Å². The summed E-state index contributed by atoms with van der Waals surface area (Å²) in [6, 6.07) is -0.00359. The zero-order valence-corrected chi connectivity index (χ0v) is 13.2.